The molecule has 0 aliphatic heterocycles. The number of nitro groups is 1. The predicted molar refractivity (Wildman–Crippen MR) is 59.6 cm³/mol. The van der Waals surface area contributed by atoms with E-state index in [1.807, 2.05) is 6.92 Å². The van der Waals surface area contributed by atoms with Crippen molar-refractivity contribution in [1.82, 2.24) is 0 Å². The quantitative estimate of drug-likeness (QED) is 0.613. The summed E-state index contributed by atoms with van der Waals surface area (Å²) in [5.41, 5.74) is 0.777. The number of aliphatic hydroxyl groups is 1. The first-order valence-corrected chi connectivity index (χ1v) is 5.03. The summed E-state index contributed by atoms with van der Waals surface area (Å²) in [6.07, 6.45) is 0. The number of non-ortho nitro benzene ring substituents is 1. The van der Waals surface area contributed by atoms with Crippen molar-refractivity contribution in [3.63, 3.8) is 0 Å². The first kappa shape index (κ1) is 12.4. The molecule has 16 heavy (non-hydrogen) atoms. The van der Waals surface area contributed by atoms with Crippen LogP contribution in [-0.2, 0) is 0 Å². The van der Waals surface area contributed by atoms with Gasteiger partial charge in [0.2, 0.25) is 0 Å². The Kier molecular flexibility index (Phi) is 4.25. The average Bonchev–Trinajstić information content (AvgIpc) is 2.26. The number of benzene rings is 1. The molecule has 0 aromatic heterocycles. The second-order valence-corrected chi connectivity index (χ2v) is 3.81. The Hall–Kier alpha value is -1.62. The molecule has 0 bridgehead atoms. The van der Waals surface area contributed by atoms with Crippen LogP contribution in [0.5, 0.6) is 5.75 Å². The zero-order valence-corrected chi connectivity index (χ0v) is 9.34. The minimum absolute atomic E-state index is 0.0505. The van der Waals surface area contributed by atoms with Gasteiger partial charge in [-0.2, -0.15) is 0 Å². The van der Waals surface area contributed by atoms with Crippen molar-refractivity contribution in [1.29, 1.82) is 0 Å². The number of hydrogen-bond acceptors (Lipinski definition) is 4. The number of nitro benzene ring substituents is 1. The Morgan fingerprint density at radius 2 is 2.25 bits per heavy atom. The van der Waals surface area contributed by atoms with Crippen LogP contribution in [-0.4, -0.2) is 23.2 Å². The minimum Gasteiger partial charge on any atom is -0.493 e. The lowest BCUT2D eigenvalue weighted by molar-refractivity contribution is -0.384. The summed E-state index contributed by atoms with van der Waals surface area (Å²) in [4.78, 5) is 10.1. The van der Waals surface area contributed by atoms with Gasteiger partial charge in [0.1, 0.15) is 5.75 Å². The first-order chi connectivity index (χ1) is 7.54. The van der Waals surface area contributed by atoms with Crippen molar-refractivity contribution >= 4 is 5.69 Å². The number of hydrogen-bond donors (Lipinski definition) is 1. The van der Waals surface area contributed by atoms with Gasteiger partial charge in [0.05, 0.1) is 11.5 Å². The highest BCUT2D eigenvalue weighted by Gasteiger charge is 2.09. The molecule has 0 aliphatic rings. The summed E-state index contributed by atoms with van der Waals surface area (Å²) in [5.74, 6) is 0.667. The van der Waals surface area contributed by atoms with E-state index in [1.54, 1.807) is 13.0 Å². The van der Waals surface area contributed by atoms with Crippen LogP contribution in [0.4, 0.5) is 5.69 Å². The van der Waals surface area contributed by atoms with Gasteiger partial charge >= 0.3 is 0 Å². The highest BCUT2D eigenvalue weighted by atomic mass is 16.6. The third kappa shape index (κ3) is 3.20. The van der Waals surface area contributed by atoms with Crippen LogP contribution >= 0.6 is 0 Å². The van der Waals surface area contributed by atoms with Gasteiger partial charge in [-0.15, -0.1) is 0 Å². The molecule has 1 aromatic carbocycles. The molecule has 1 atom stereocenters. The Morgan fingerprint density at radius 1 is 1.56 bits per heavy atom. The third-order valence-electron chi connectivity index (χ3n) is 2.20. The molecule has 0 radical (unpaired) electrons. The number of rotatable bonds is 5. The van der Waals surface area contributed by atoms with Gasteiger partial charge in [0.15, 0.2) is 0 Å². The van der Waals surface area contributed by atoms with E-state index in [1.165, 1.54) is 12.1 Å². The molecule has 5 heteroatoms. The van der Waals surface area contributed by atoms with Gasteiger partial charge in [-0.1, -0.05) is 6.92 Å². The zero-order chi connectivity index (χ0) is 12.1. The van der Waals surface area contributed by atoms with Crippen molar-refractivity contribution in [3.05, 3.63) is 33.9 Å². The molecule has 0 heterocycles. The lowest BCUT2D eigenvalue weighted by Crippen LogP contribution is -2.12. The van der Waals surface area contributed by atoms with E-state index >= 15 is 0 Å². The van der Waals surface area contributed by atoms with Crippen molar-refractivity contribution in [2.75, 3.05) is 13.2 Å². The molecular formula is C11H15NO4. The van der Waals surface area contributed by atoms with Crippen molar-refractivity contribution in [2.24, 2.45) is 5.92 Å². The number of aryl methyl sites for hydroxylation is 1. The van der Waals surface area contributed by atoms with E-state index in [9.17, 15) is 10.1 Å². The molecule has 1 aromatic rings. The van der Waals surface area contributed by atoms with Crippen LogP contribution in [0.1, 0.15) is 12.5 Å². The Labute approximate surface area is 93.8 Å². The molecule has 1 N–H and O–H groups in total. The molecule has 0 fully saturated rings. The van der Waals surface area contributed by atoms with Crippen molar-refractivity contribution < 1.29 is 14.8 Å². The summed E-state index contributed by atoms with van der Waals surface area (Å²) in [6.45, 7) is 4.08. The summed E-state index contributed by atoms with van der Waals surface area (Å²) in [5, 5.41) is 19.3. The molecule has 88 valence electrons. The Morgan fingerprint density at radius 3 is 2.75 bits per heavy atom. The molecule has 1 rings (SSSR count). The van der Waals surface area contributed by atoms with Crippen LogP contribution in [0.15, 0.2) is 18.2 Å². The highest BCUT2D eigenvalue weighted by molar-refractivity contribution is 5.42. The number of aliphatic hydroxyl groups excluding tert-OH is 1. The van der Waals surface area contributed by atoms with Crippen LogP contribution < -0.4 is 4.74 Å². The Bertz CT molecular complexity index is 378. The normalized spacial score (nSPS) is 12.2. The zero-order valence-electron chi connectivity index (χ0n) is 9.34. The first-order valence-electron chi connectivity index (χ1n) is 5.03. The van der Waals surface area contributed by atoms with Gasteiger partial charge in [0, 0.05) is 24.7 Å². The van der Waals surface area contributed by atoms with E-state index in [0.29, 0.717) is 12.4 Å². The maximum atomic E-state index is 10.5. The summed E-state index contributed by atoms with van der Waals surface area (Å²) < 4.78 is 5.44. The molecule has 0 amide bonds. The molecule has 0 saturated carbocycles. The average molecular weight is 225 g/mol. The van der Waals surface area contributed by atoms with Crippen LogP contribution in [0.25, 0.3) is 0 Å². The lowest BCUT2D eigenvalue weighted by atomic mass is 10.2. The molecule has 0 saturated heterocycles. The standard InChI is InChI=1S/C11H15NO4/c1-8(6-13)7-16-11-4-3-10(12(14)15)5-9(11)2/h3-5,8,13H,6-7H2,1-2H3. The van der Waals surface area contributed by atoms with Gasteiger partial charge < -0.3 is 9.84 Å². The molecule has 1 unspecified atom stereocenters. The fourth-order valence-electron chi connectivity index (χ4n) is 1.19. The second kappa shape index (κ2) is 5.46. The second-order valence-electron chi connectivity index (χ2n) is 3.81. The fourth-order valence-corrected chi connectivity index (χ4v) is 1.19. The summed E-state index contributed by atoms with van der Waals surface area (Å²) in [7, 11) is 0. The van der Waals surface area contributed by atoms with Crippen molar-refractivity contribution in [3.8, 4) is 5.75 Å². The van der Waals surface area contributed by atoms with E-state index in [4.69, 9.17) is 9.84 Å². The van der Waals surface area contributed by atoms with E-state index in [2.05, 4.69) is 0 Å². The van der Waals surface area contributed by atoms with Crippen LogP contribution in [0.2, 0.25) is 0 Å². The van der Waals surface area contributed by atoms with Gasteiger partial charge in [-0.3, -0.25) is 10.1 Å². The highest BCUT2D eigenvalue weighted by Crippen LogP contribution is 2.23. The van der Waals surface area contributed by atoms with Gasteiger partial charge in [0.25, 0.3) is 5.69 Å². The number of ether oxygens (including phenoxy) is 1. The third-order valence-corrected chi connectivity index (χ3v) is 2.20. The monoisotopic (exact) mass is 225 g/mol. The van der Waals surface area contributed by atoms with Crippen LogP contribution in [0.3, 0.4) is 0 Å². The van der Waals surface area contributed by atoms with Gasteiger partial charge in [-0.25, -0.2) is 0 Å². The minimum atomic E-state index is -0.437. The fraction of sp³-hybridized carbons (Fsp3) is 0.455. The van der Waals surface area contributed by atoms with E-state index in [0.717, 1.165) is 5.56 Å². The maximum absolute atomic E-state index is 10.5. The molecule has 0 aliphatic carbocycles. The lowest BCUT2D eigenvalue weighted by Gasteiger charge is -2.12. The smallest absolute Gasteiger partial charge is 0.269 e. The molecule has 5 nitrogen and oxygen atoms in total. The maximum Gasteiger partial charge on any atom is 0.269 e. The number of nitrogens with zero attached hydrogens (tertiary/aromatic N) is 1. The van der Waals surface area contributed by atoms with Gasteiger partial charge in [-0.05, 0) is 18.6 Å². The SMILES string of the molecule is Cc1cc([N+](=O)[O-])ccc1OCC(C)CO. The summed E-state index contributed by atoms with van der Waals surface area (Å²) >= 11 is 0. The Balaban J connectivity index is 2.72. The molecular weight excluding hydrogens is 210 g/mol. The topological polar surface area (TPSA) is 72.6 Å². The van der Waals surface area contributed by atoms with E-state index in [-0.39, 0.29) is 18.2 Å². The van der Waals surface area contributed by atoms with E-state index < -0.39 is 4.92 Å². The van der Waals surface area contributed by atoms with Crippen molar-refractivity contribution in [2.45, 2.75) is 13.8 Å². The van der Waals surface area contributed by atoms with Crippen LogP contribution in [0, 0.1) is 23.0 Å². The predicted octanol–water partition coefficient (Wildman–Crippen LogP) is 1.91. The molecule has 0 spiro atoms. The summed E-state index contributed by atoms with van der Waals surface area (Å²) in [6, 6.07) is 4.46. The largest absolute Gasteiger partial charge is 0.493 e.